The van der Waals surface area contributed by atoms with Crippen molar-refractivity contribution in [2.24, 2.45) is 11.3 Å². The normalized spacial score (nSPS) is 18.1. The minimum absolute atomic E-state index is 0.207. The van der Waals surface area contributed by atoms with Crippen molar-refractivity contribution in [1.29, 1.82) is 0 Å². The minimum Gasteiger partial charge on any atom is -0.497 e. The van der Waals surface area contributed by atoms with E-state index in [-0.39, 0.29) is 5.92 Å². The van der Waals surface area contributed by atoms with Crippen molar-refractivity contribution in [3.8, 4) is 11.5 Å². The van der Waals surface area contributed by atoms with Crippen LogP contribution in [0.1, 0.15) is 75.1 Å². The Kier molecular flexibility index (Phi) is 9.80. The number of aliphatic carboxylic acids is 1. The summed E-state index contributed by atoms with van der Waals surface area (Å²) in [6.07, 6.45) is 3.27. The molecular weight excluding hydrogens is 454 g/mol. The first kappa shape index (κ1) is 28.0. The second-order valence-electron chi connectivity index (χ2n) is 10.6. The monoisotopic (exact) mass is 497 g/mol. The Hall–Kier alpha value is -2.57. The van der Waals surface area contributed by atoms with Gasteiger partial charge in [-0.15, -0.1) is 0 Å². The number of hydrogen-bond donors (Lipinski definition) is 1. The molecule has 0 radical (unpaired) electrons. The molecule has 198 valence electrons. The summed E-state index contributed by atoms with van der Waals surface area (Å²) < 4.78 is 17.2. The van der Waals surface area contributed by atoms with E-state index in [2.05, 4.69) is 43.0 Å². The highest BCUT2D eigenvalue weighted by molar-refractivity contribution is 5.73. The first-order valence-electron chi connectivity index (χ1n) is 13.1. The predicted molar refractivity (Wildman–Crippen MR) is 143 cm³/mol. The predicted octanol–water partition coefficient (Wildman–Crippen LogP) is 6.11. The van der Waals surface area contributed by atoms with Crippen molar-refractivity contribution < 1.29 is 24.1 Å². The number of nitrogens with zero attached hydrogens (tertiary/aromatic N) is 1. The van der Waals surface area contributed by atoms with Gasteiger partial charge in [0.05, 0.1) is 19.1 Å². The van der Waals surface area contributed by atoms with Crippen molar-refractivity contribution in [2.45, 2.75) is 66.1 Å². The molecule has 4 rings (SSSR count). The van der Waals surface area contributed by atoms with Gasteiger partial charge in [0.2, 0.25) is 0 Å². The average Bonchev–Trinajstić information content (AvgIpc) is 3.01. The molecule has 0 aromatic heterocycles. The maximum atomic E-state index is 11.6. The molecule has 0 saturated carbocycles. The van der Waals surface area contributed by atoms with Crippen molar-refractivity contribution in [3.05, 3.63) is 58.7 Å². The number of carboxylic acids is 1. The average molecular weight is 498 g/mol. The Labute approximate surface area is 216 Å². The number of methoxy groups -OCH3 is 2. The third-order valence-corrected chi connectivity index (χ3v) is 7.09. The highest BCUT2D eigenvalue weighted by Crippen LogP contribution is 2.46. The van der Waals surface area contributed by atoms with E-state index >= 15 is 0 Å². The standard InChI is InChI=1S/C27H35NO5.C3H8/c1-27(2,26(29)30)17-28-11-9-19(10-12-28)25-22-7-5-18(15-31-3)13-20(22)16-33-24-8-6-21(32-4)14-23(24)25;1-3-2/h5-8,13-14,19,25H,9-12,15-17H2,1-4H3,(H,29,30);3H2,1-2H3. The van der Waals surface area contributed by atoms with Crippen LogP contribution in [0.3, 0.4) is 0 Å². The molecule has 2 aliphatic rings. The molecule has 1 saturated heterocycles. The molecule has 2 aromatic rings. The number of ether oxygens (including phenoxy) is 3. The largest absolute Gasteiger partial charge is 0.497 e. The molecule has 2 heterocycles. The van der Waals surface area contributed by atoms with Gasteiger partial charge >= 0.3 is 5.97 Å². The van der Waals surface area contributed by atoms with Gasteiger partial charge < -0.3 is 24.2 Å². The summed E-state index contributed by atoms with van der Waals surface area (Å²) in [6.45, 7) is 11.3. The first-order valence-corrected chi connectivity index (χ1v) is 13.1. The lowest BCUT2D eigenvalue weighted by Gasteiger charge is -2.39. The van der Waals surface area contributed by atoms with Crippen LogP contribution in [0.2, 0.25) is 0 Å². The zero-order valence-electron chi connectivity index (χ0n) is 22.8. The van der Waals surface area contributed by atoms with Crippen LogP contribution in [-0.2, 0) is 22.7 Å². The molecule has 2 aromatic carbocycles. The lowest BCUT2D eigenvalue weighted by Crippen LogP contribution is -2.43. The minimum atomic E-state index is -0.743. The first-order chi connectivity index (χ1) is 17.2. The third-order valence-electron chi connectivity index (χ3n) is 7.09. The fourth-order valence-electron chi connectivity index (χ4n) is 5.27. The number of hydrogen-bond acceptors (Lipinski definition) is 5. The quantitative estimate of drug-likeness (QED) is 0.498. The van der Waals surface area contributed by atoms with E-state index in [1.165, 1.54) is 23.1 Å². The van der Waals surface area contributed by atoms with Crippen LogP contribution in [0.5, 0.6) is 11.5 Å². The molecule has 1 N–H and O–H groups in total. The molecule has 1 fully saturated rings. The molecule has 0 spiro atoms. The van der Waals surface area contributed by atoms with Crippen LogP contribution in [-0.4, -0.2) is 49.8 Å². The summed E-state index contributed by atoms with van der Waals surface area (Å²) >= 11 is 0. The molecule has 0 bridgehead atoms. The Morgan fingerprint density at radius 2 is 1.78 bits per heavy atom. The second-order valence-corrected chi connectivity index (χ2v) is 10.6. The number of rotatable bonds is 7. The van der Waals surface area contributed by atoms with E-state index in [1.54, 1.807) is 28.1 Å². The van der Waals surface area contributed by atoms with E-state index in [4.69, 9.17) is 14.2 Å². The Morgan fingerprint density at radius 1 is 1.08 bits per heavy atom. The number of fused-ring (bicyclic) bond motifs is 2. The van der Waals surface area contributed by atoms with Crippen molar-refractivity contribution >= 4 is 5.97 Å². The zero-order chi connectivity index (χ0) is 26.3. The van der Waals surface area contributed by atoms with Gasteiger partial charge in [-0.2, -0.15) is 0 Å². The smallest absolute Gasteiger partial charge is 0.310 e. The maximum absolute atomic E-state index is 11.6. The van der Waals surface area contributed by atoms with Crippen LogP contribution >= 0.6 is 0 Å². The van der Waals surface area contributed by atoms with Crippen molar-refractivity contribution in [1.82, 2.24) is 4.90 Å². The number of piperidine rings is 1. The van der Waals surface area contributed by atoms with E-state index in [0.29, 0.717) is 25.7 Å². The van der Waals surface area contributed by atoms with Gasteiger partial charge in [0, 0.05) is 25.1 Å². The summed E-state index contributed by atoms with van der Waals surface area (Å²) in [5.74, 6) is 1.65. The summed E-state index contributed by atoms with van der Waals surface area (Å²) in [5.41, 5.74) is 4.10. The van der Waals surface area contributed by atoms with Gasteiger partial charge in [0.15, 0.2) is 0 Å². The molecule has 0 amide bonds. The highest BCUT2D eigenvalue weighted by Gasteiger charge is 2.36. The summed E-state index contributed by atoms with van der Waals surface area (Å²) in [7, 11) is 3.41. The van der Waals surface area contributed by atoms with E-state index in [9.17, 15) is 9.90 Å². The number of likely N-dealkylation sites (tertiary alicyclic amines) is 1. The topological polar surface area (TPSA) is 68.2 Å². The molecule has 0 aliphatic carbocycles. The second kappa shape index (κ2) is 12.6. The highest BCUT2D eigenvalue weighted by atomic mass is 16.5. The SMILES string of the molecule is CCC.COCc1ccc2c(c1)COc1ccc(OC)cc1C2C1CCN(CC(C)(C)C(=O)O)CC1. The van der Waals surface area contributed by atoms with Crippen LogP contribution in [0.25, 0.3) is 0 Å². The fraction of sp³-hybridized carbons (Fsp3) is 0.567. The molecule has 6 nitrogen and oxygen atoms in total. The van der Waals surface area contributed by atoms with Crippen molar-refractivity contribution in [3.63, 3.8) is 0 Å². The lowest BCUT2D eigenvalue weighted by molar-refractivity contribution is -0.148. The van der Waals surface area contributed by atoms with Crippen molar-refractivity contribution in [2.75, 3.05) is 33.9 Å². The Bertz CT molecular complexity index is 1010. The summed E-state index contributed by atoms with van der Waals surface area (Å²) in [5, 5.41) is 9.53. The van der Waals surface area contributed by atoms with Gasteiger partial charge in [-0.25, -0.2) is 0 Å². The number of carbonyl (C=O) groups is 1. The Morgan fingerprint density at radius 3 is 2.39 bits per heavy atom. The van der Waals surface area contributed by atoms with E-state index < -0.39 is 11.4 Å². The lowest BCUT2D eigenvalue weighted by atomic mass is 9.74. The molecular formula is C30H43NO5. The van der Waals surface area contributed by atoms with Gasteiger partial charge in [-0.1, -0.05) is 32.4 Å². The Balaban J connectivity index is 0.00000115. The molecule has 2 aliphatic heterocycles. The van der Waals surface area contributed by atoms with E-state index in [1.807, 2.05) is 12.1 Å². The summed E-state index contributed by atoms with van der Waals surface area (Å²) in [6, 6.07) is 12.7. The van der Waals surface area contributed by atoms with Gasteiger partial charge in [0.1, 0.15) is 18.1 Å². The molecule has 1 unspecified atom stereocenters. The molecule has 6 heteroatoms. The van der Waals surface area contributed by atoms with Crippen LogP contribution in [0, 0.1) is 11.3 Å². The number of benzene rings is 2. The molecule has 1 atom stereocenters. The van der Waals surface area contributed by atoms with Gasteiger partial charge in [-0.3, -0.25) is 4.79 Å². The summed E-state index contributed by atoms with van der Waals surface area (Å²) in [4.78, 5) is 13.9. The third kappa shape index (κ3) is 6.60. The van der Waals surface area contributed by atoms with Crippen LogP contribution in [0.4, 0.5) is 0 Å². The molecule has 36 heavy (non-hydrogen) atoms. The van der Waals surface area contributed by atoms with E-state index in [0.717, 1.165) is 43.0 Å². The number of carboxylic acid groups (broad SMARTS) is 1. The van der Waals surface area contributed by atoms with Crippen LogP contribution < -0.4 is 9.47 Å². The van der Waals surface area contributed by atoms with Crippen LogP contribution in [0.15, 0.2) is 36.4 Å². The van der Waals surface area contributed by atoms with Gasteiger partial charge in [-0.05, 0) is 86.7 Å². The fourth-order valence-corrected chi connectivity index (χ4v) is 5.27. The maximum Gasteiger partial charge on any atom is 0.310 e. The zero-order valence-corrected chi connectivity index (χ0v) is 22.8. The van der Waals surface area contributed by atoms with Gasteiger partial charge in [0.25, 0.3) is 0 Å².